The summed E-state index contributed by atoms with van der Waals surface area (Å²) in [7, 11) is 0. The number of thioether (sulfide) groups is 1. The lowest BCUT2D eigenvalue weighted by atomic mass is 9.98. The Morgan fingerprint density at radius 1 is 1.28 bits per heavy atom. The van der Waals surface area contributed by atoms with E-state index in [0.717, 1.165) is 27.7 Å². The van der Waals surface area contributed by atoms with Gasteiger partial charge in [0.05, 0.1) is 39.5 Å². The Labute approximate surface area is 237 Å². The van der Waals surface area contributed by atoms with Gasteiger partial charge in [0.25, 0.3) is 0 Å². The van der Waals surface area contributed by atoms with Crippen molar-refractivity contribution in [1.29, 1.82) is 0 Å². The number of rotatable bonds is 9. The van der Waals surface area contributed by atoms with Gasteiger partial charge in [0.15, 0.2) is 5.82 Å². The third-order valence-electron chi connectivity index (χ3n) is 5.76. The second-order valence-electron chi connectivity index (χ2n) is 10.00. The second kappa shape index (κ2) is 13.7. The van der Waals surface area contributed by atoms with Crippen molar-refractivity contribution >= 4 is 59.3 Å². The molecule has 2 N–H and O–H groups in total. The zero-order valence-corrected chi connectivity index (χ0v) is 24.9. The molecule has 11 nitrogen and oxygen atoms in total. The van der Waals surface area contributed by atoms with E-state index in [2.05, 4.69) is 37.3 Å². The lowest BCUT2D eigenvalue weighted by Gasteiger charge is -2.39. The lowest BCUT2D eigenvalue weighted by molar-refractivity contribution is -0.0107. The van der Waals surface area contributed by atoms with Crippen LogP contribution in [0.3, 0.4) is 0 Å². The van der Waals surface area contributed by atoms with Crippen LogP contribution in [0.15, 0.2) is 22.8 Å². The Kier molecular flexibility index (Phi) is 10.7. The first-order chi connectivity index (χ1) is 18.5. The molecule has 0 unspecified atom stereocenters. The van der Waals surface area contributed by atoms with Crippen molar-refractivity contribution in [3.8, 4) is 0 Å². The SMILES string of the molecule is C=N/C(=C\SCNc1cnc(NC(=O)O[C@@H]2CCN(C(=O)OC(C)(C)C)[C@H](CC)C2)cn1)c1sc(C)nc1C. The lowest BCUT2D eigenvalue weighted by Crippen LogP contribution is -2.50. The summed E-state index contributed by atoms with van der Waals surface area (Å²) in [6.45, 7) is 15.6. The number of hydrogen-bond acceptors (Lipinski definition) is 11. The number of piperidine rings is 1. The predicted octanol–water partition coefficient (Wildman–Crippen LogP) is 6.08. The number of carbonyl (C=O) groups excluding carboxylic acids is 2. The molecule has 1 aliphatic heterocycles. The van der Waals surface area contributed by atoms with Crippen LogP contribution in [0, 0.1) is 13.8 Å². The summed E-state index contributed by atoms with van der Waals surface area (Å²) >= 11 is 3.10. The summed E-state index contributed by atoms with van der Waals surface area (Å²) in [5.41, 5.74) is 1.17. The largest absolute Gasteiger partial charge is 0.446 e. The minimum atomic E-state index is -0.602. The Morgan fingerprint density at radius 2 is 2.00 bits per heavy atom. The van der Waals surface area contributed by atoms with E-state index in [9.17, 15) is 9.59 Å². The zero-order chi connectivity index (χ0) is 28.6. The van der Waals surface area contributed by atoms with Gasteiger partial charge in [-0.05, 0) is 53.2 Å². The van der Waals surface area contributed by atoms with Gasteiger partial charge in [-0.1, -0.05) is 6.92 Å². The van der Waals surface area contributed by atoms with Crippen LogP contribution in [0.4, 0.5) is 21.2 Å². The molecule has 0 saturated carbocycles. The molecule has 0 aromatic carbocycles. The Balaban J connectivity index is 1.44. The van der Waals surface area contributed by atoms with E-state index in [4.69, 9.17) is 9.47 Å². The van der Waals surface area contributed by atoms with Gasteiger partial charge in [0.2, 0.25) is 0 Å². The molecule has 0 spiro atoms. The fourth-order valence-electron chi connectivity index (χ4n) is 4.01. The molecule has 3 rings (SSSR count). The normalized spacial score (nSPS) is 17.9. The number of anilines is 2. The molecule has 0 aliphatic carbocycles. The summed E-state index contributed by atoms with van der Waals surface area (Å²) in [6.07, 6.45) is 3.59. The van der Waals surface area contributed by atoms with Gasteiger partial charge in [0, 0.05) is 25.4 Å². The maximum atomic E-state index is 12.5. The third-order valence-corrected chi connectivity index (χ3v) is 7.56. The Morgan fingerprint density at radius 3 is 2.59 bits per heavy atom. The molecule has 2 amide bonds. The van der Waals surface area contributed by atoms with Crippen molar-refractivity contribution in [2.24, 2.45) is 4.99 Å². The van der Waals surface area contributed by atoms with Crippen molar-refractivity contribution in [3.05, 3.63) is 33.4 Å². The van der Waals surface area contributed by atoms with Crippen LogP contribution in [0.25, 0.3) is 5.70 Å². The number of nitrogens with one attached hydrogen (secondary N) is 2. The summed E-state index contributed by atoms with van der Waals surface area (Å²) in [5.74, 6) is 1.39. The molecular formula is C26H37N7O4S2. The van der Waals surface area contributed by atoms with Crippen LogP contribution in [-0.4, -0.2) is 68.9 Å². The molecule has 39 heavy (non-hydrogen) atoms. The minimum Gasteiger partial charge on any atom is -0.446 e. The number of thiazole rings is 1. The average molecular weight is 576 g/mol. The molecule has 1 saturated heterocycles. The number of aromatic nitrogens is 3. The number of ether oxygens (including phenoxy) is 2. The topological polar surface area (TPSA) is 131 Å². The van der Waals surface area contributed by atoms with Crippen LogP contribution in [0.5, 0.6) is 0 Å². The highest BCUT2D eigenvalue weighted by molar-refractivity contribution is 8.02. The Bertz CT molecular complexity index is 1180. The minimum absolute atomic E-state index is 0.0577. The zero-order valence-electron chi connectivity index (χ0n) is 23.3. The number of aryl methyl sites for hydroxylation is 2. The highest BCUT2D eigenvalue weighted by Gasteiger charge is 2.34. The highest BCUT2D eigenvalue weighted by atomic mass is 32.2. The summed E-state index contributed by atoms with van der Waals surface area (Å²) in [6, 6.07) is -0.0577. The maximum Gasteiger partial charge on any atom is 0.413 e. The van der Waals surface area contributed by atoms with Crippen LogP contribution in [0.2, 0.25) is 0 Å². The van der Waals surface area contributed by atoms with Gasteiger partial charge in [0.1, 0.15) is 17.5 Å². The van der Waals surface area contributed by atoms with E-state index in [1.165, 1.54) is 24.2 Å². The van der Waals surface area contributed by atoms with E-state index in [1.807, 2.05) is 47.0 Å². The molecule has 2 atom stereocenters. The monoisotopic (exact) mass is 575 g/mol. The van der Waals surface area contributed by atoms with Crippen molar-refractivity contribution in [1.82, 2.24) is 19.9 Å². The quantitative estimate of drug-likeness (QED) is 0.207. The smallest absolute Gasteiger partial charge is 0.413 e. The number of carbonyl (C=O) groups is 2. The van der Waals surface area contributed by atoms with Crippen molar-refractivity contribution in [2.75, 3.05) is 23.1 Å². The molecule has 0 radical (unpaired) electrons. The first-order valence-electron chi connectivity index (χ1n) is 12.7. The van der Waals surface area contributed by atoms with Gasteiger partial charge in [-0.3, -0.25) is 10.3 Å². The van der Waals surface area contributed by atoms with Gasteiger partial charge < -0.3 is 19.7 Å². The van der Waals surface area contributed by atoms with E-state index in [-0.39, 0.29) is 24.1 Å². The fourth-order valence-corrected chi connectivity index (χ4v) is 5.65. The van der Waals surface area contributed by atoms with E-state index in [1.54, 1.807) is 16.2 Å². The number of nitrogens with zero attached hydrogens (tertiary/aromatic N) is 5. The second-order valence-corrected chi connectivity index (χ2v) is 12.1. The van der Waals surface area contributed by atoms with Gasteiger partial charge in [-0.15, -0.1) is 23.1 Å². The first kappa shape index (κ1) is 30.4. The standard InChI is InChI=1S/C26H37N7O4S2/c1-8-18-11-19(9-10-33(18)25(35)37-26(4,5)6)36-24(34)32-22-13-28-21(12-29-22)30-15-38-14-20(27-7)23-16(2)31-17(3)39-23/h12-14,18-19H,7-11,15H2,1-6H3,(H,28,30)(H,29,32,34)/b20-14-/t18-,19-/m1/s1. The summed E-state index contributed by atoms with van der Waals surface area (Å²) < 4.78 is 11.1. The van der Waals surface area contributed by atoms with Crippen LogP contribution in [-0.2, 0) is 9.47 Å². The Hall–Kier alpha value is -3.19. The first-order valence-corrected chi connectivity index (χ1v) is 14.6. The summed E-state index contributed by atoms with van der Waals surface area (Å²) in [4.78, 5) is 44.8. The number of hydrogen-bond donors (Lipinski definition) is 2. The molecule has 1 aliphatic rings. The van der Waals surface area contributed by atoms with E-state index in [0.29, 0.717) is 31.1 Å². The van der Waals surface area contributed by atoms with Gasteiger partial charge in [-0.2, -0.15) is 0 Å². The molecule has 0 bridgehead atoms. The predicted molar refractivity (Wildman–Crippen MR) is 157 cm³/mol. The molecular weight excluding hydrogens is 538 g/mol. The number of amides is 2. The van der Waals surface area contributed by atoms with Crippen molar-refractivity contribution in [3.63, 3.8) is 0 Å². The number of likely N-dealkylation sites (tertiary alicyclic amines) is 1. The molecule has 1 fully saturated rings. The third kappa shape index (κ3) is 9.20. The average Bonchev–Trinajstić information content (AvgIpc) is 3.21. The van der Waals surface area contributed by atoms with E-state index >= 15 is 0 Å². The van der Waals surface area contributed by atoms with Crippen LogP contribution < -0.4 is 10.6 Å². The van der Waals surface area contributed by atoms with Gasteiger partial charge in [-0.25, -0.2) is 24.5 Å². The molecule has 2 aromatic heterocycles. The molecule has 13 heteroatoms. The number of aliphatic imine (C=N–C) groups is 1. The van der Waals surface area contributed by atoms with Crippen molar-refractivity contribution in [2.45, 2.75) is 78.6 Å². The van der Waals surface area contributed by atoms with E-state index < -0.39 is 11.7 Å². The maximum absolute atomic E-state index is 12.5. The molecule has 3 heterocycles. The fraction of sp³-hybridized carbons (Fsp3) is 0.538. The highest BCUT2D eigenvalue weighted by Crippen LogP contribution is 2.28. The van der Waals surface area contributed by atoms with Crippen LogP contribution in [0.1, 0.15) is 62.5 Å². The van der Waals surface area contributed by atoms with Gasteiger partial charge >= 0.3 is 12.2 Å². The molecule has 212 valence electrons. The molecule has 2 aromatic rings. The van der Waals surface area contributed by atoms with Crippen LogP contribution >= 0.6 is 23.1 Å². The summed E-state index contributed by atoms with van der Waals surface area (Å²) in [5, 5.41) is 8.71. The van der Waals surface area contributed by atoms with Crippen molar-refractivity contribution < 1.29 is 19.1 Å².